The van der Waals surface area contributed by atoms with E-state index in [2.05, 4.69) is 21.9 Å². The number of anilines is 1. The van der Waals surface area contributed by atoms with Crippen molar-refractivity contribution in [1.29, 1.82) is 0 Å². The summed E-state index contributed by atoms with van der Waals surface area (Å²) in [5.41, 5.74) is 0.905. The van der Waals surface area contributed by atoms with Crippen LogP contribution in [0.4, 0.5) is 5.82 Å². The minimum atomic E-state index is 0.521. The first-order valence-corrected chi connectivity index (χ1v) is 5.49. The van der Waals surface area contributed by atoms with Gasteiger partial charge in [-0.25, -0.2) is 9.97 Å². The molecular formula is C11H14ClN3. The summed E-state index contributed by atoms with van der Waals surface area (Å²) in [5.74, 6) is 2.22. The Bertz CT molecular complexity index is 386. The number of nitrogens with one attached hydrogen (secondary N) is 1. The molecule has 1 fully saturated rings. The predicted octanol–water partition coefficient (Wildman–Crippen LogP) is 2.91. The summed E-state index contributed by atoms with van der Waals surface area (Å²) in [6.45, 7) is 6.27. The van der Waals surface area contributed by atoms with E-state index in [0.717, 1.165) is 17.2 Å². The molecule has 1 saturated carbocycles. The van der Waals surface area contributed by atoms with Crippen molar-refractivity contribution in [1.82, 2.24) is 9.97 Å². The summed E-state index contributed by atoms with van der Waals surface area (Å²) in [6.07, 6.45) is 4.16. The summed E-state index contributed by atoms with van der Waals surface area (Å²) in [7, 11) is 0. The molecule has 80 valence electrons. The number of halogens is 1. The standard InChI is InChI=1S/C11H14ClN3/c1-3-6-13-10-7(2)9(12)14-11(15-10)8-4-5-8/h3,8H,1,4-6H2,2H3,(H,13,14,15). The Hall–Kier alpha value is -1.09. The molecule has 0 spiro atoms. The van der Waals surface area contributed by atoms with Gasteiger partial charge in [-0.3, -0.25) is 0 Å². The molecule has 1 aliphatic rings. The van der Waals surface area contributed by atoms with Crippen LogP contribution in [0.1, 0.15) is 30.1 Å². The van der Waals surface area contributed by atoms with Crippen molar-refractivity contribution >= 4 is 17.4 Å². The summed E-state index contributed by atoms with van der Waals surface area (Å²) < 4.78 is 0. The van der Waals surface area contributed by atoms with Crippen LogP contribution in [0.2, 0.25) is 5.15 Å². The highest BCUT2D eigenvalue weighted by atomic mass is 35.5. The molecule has 1 aromatic heterocycles. The van der Waals surface area contributed by atoms with E-state index in [-0.39, 0.29) is 0 Å². The molecule has 1 aromatic rings. The van der Waals surface area contributed by atoms with Gasteiger partial charge in [0, 0.05) is 18.0 Å². The van der Waals surface area contributed by atoms with Gasteiger partial charge in [0.05, 0.1) is 0 Å². The molecule has 4 heteroatoms. The molecule has 0 aliphatic heterocycles. The maximum Gasteiger partial charge on any atom is 0.137 e. The summed E-state index contributed by atoms with van der Waals surface area (Å²) in [5, 5.41) is 3.73. The molecule has 15 heavy (non-hydrogen) atoms. The minimum Gasteiger partial charge on any atom is -0.366 e. The van der Waals surface area contributed by atoms with Crippen LogP contribution in [0, 0.1) is 6.92 Å². The quantitative estimate of drug-likeness (QED) is 0.630. The molecule has 2 rings (SSSR count). The lowest BCUT2D eigenvalue weighted by atomic mass is 10.3. The molecule has 1 aliphatic carbocycles. The largest absolute Gasteiger partial charge is 0.366 e. The molecule has 1 N–H and O–H groups in total. The molecule has 0 unspecified atom stereocenters. The van der Waals surface area contributed by atoms with Crippen LogP contribution >= 0.6 is 11.6 Å². The van der Waals surface area contributed by atoms with Crippen molar-refractivity contribution in [2.75, 3.05) is 11.9 Å². The van der Waals surface area contributed by atoms with Crippen LogP contribution in [0.3, 0.4) is 0 Å². The SMILES string of the molecule is C=CCNc1nc(C2CC2)nc(Cl)c1C. The van der Waals surface area contributed by atoms with E-state index in [1.54, 1.807) is 6.08 Å². The van der Waals surface area contributed by atoms with E-state index in [1.165, 1.54) is 12.8 Å². The van der Waals surface area contributed by atoms with Crippen molar-refractivity contribution in [3.05, 3.63) is 29.2 Å². The van der Waals surface area contributed by atoms with Crippen molar-refractivity contribution in [2.24, 2.45) is 0 Å². The Morgan fingerprint density at radius 3 is 2.87 bits per heavy atom. The molecule has 3 nitrogen and oxygen atoms in total. The maximum atomic E-state index is 6.05. The van der Waals surface area contributed by atoms with Crippen molar-refractivity contribution in [2.45, 2.75) is 25.7 Å². The molecule has 0 amide bonds. The zero-order valence-electron chi connectivity index (χ0n) is 8.76. The van der Waals surface area contributed by atoms with Gasteiger partial charge in [0.15, 0.2) is 0 Å². The van der Waals surface area contributed by atoms with Crippen LogP contribution < -0.4 is 5.32 Å². The van der Waals surface area contributed by atoms with Gasteiger partial charge in [0.1, 0.15) is 16.8 Å². The zero-order valence-corrected chi connectivity index (χ0v) is 9.51. The fourth-order valence-corrected chi connectivity index (χ4v) is 1.55. The fourth-order valence-electron chi connectivity index (χ4n) is 1.37. The number of nitrogens with zero attached hydrogens (tertiary/aromatic N) is 2. The number of hydrogen-bond acceptors (Lipinski definition) is 3. The number of aromatic nitrogens is 2. The Balaban J connectivity index is 2.28. The zero-order chi connectivity index (χ0) is 10.8. The van der Waals surface area contributed by atoms with E-state index in [9.17, 15) is 0 Å². The third-order valence-corrected chi connectivity index (χ3v) is 2.83. The Morgan fingerprint density at radius 2 is 2.27 bits per heavy atom. The molecule has 0 radical (unpaired) electrons. The first kappa shape index (κ1) is 10.4. The van der Waals surface area contributed by atoms with Crippen molar-refractivity contribution in [3.8, 4) is 0 Å². The van der Waals surface area contributed by atoms with E-state index in [1.807, 2.05) is 6.92 Å². The highest BCUT2D eigenvalue weighted by Crippen LogP contribution is 2.39. The first-order chi connectivity index (χ1) is 7.22. The fraction of sp³-hybridized carbons (Fsp3) is 0.455. The van der Waals surface area contributed by atoms with Crippen LogP contribution in [0.5, 0.6) is 0 Å². The average Bonchev–Trinajstić information content (AvgIpc) is 3.03. The molecule has 0 aromatic carbocycles. The Kier molecular flexibility index (Phi) is 2.91. The Labute approximate surface area is 94.6 Å². The van der Waals surface area contributed by atoms with Crippen LogP contribution in [-0.2, 0) is 0 Å². The van der Waals surface area contributed by atoms with E-state index in [4.69, 9.17) is 11.6 Å². The highest BCUT2D eigenvalue weighted by Gasteiger charge is 2.27. The lowest BCUT2D eigenvalue weighted by Crippen LogP contribution is -2.06. The maximum absolute atomic E-state index is 6.05. The third kappa shape index (κ3) is 2.29. The minimum absolute atomic E-state index is 0.521. The average molecular weight is 224 g/mol. The smallest absolute Gasteiger partial charge is 0.137 e. The van der Waals surface area contributed by atoms with Gasteiger partial charge in [-0.15, -0.1) is 6.58 Å². The Morgan fingerprint density at radius 1 is 1.53 bits per heavy atom. The van der Waals surface area contributed by atoms with Crippen molar-refractivity contribution in [3.63, 3.8) is 0 Å². The molecule has 0 saturated heterocycles. The molecular weight excluding hydrogens is 210 g/mol. The van der Waals surface area contributed by atoms with Gasteiger partial charge in [-0.05, 0) is 19.8 Å². The number of hydrogen-bond donors (Lipinski definition) is 1. The van der Waals surface area contributed by atoms with Gasteiger partial charge in [0.2, 0.25) is 0 Å². The lowest BCUT2D eigenvalue weighted by molar-refractivity contribution is 0.917. The summed E-state index contributed by atoms with van der Waals surface area (Å²) in [4.78, 5) is 8.77. The normalized spacial score (nSPS) is 15.1. The van der Waals surface area contributed by atoms with E-state index < -0.39 is 0 Å². The van der Waals surface area contributed by atoms with E-state index in [0.29, 0.717) is 17.6 Å². The second-order valence-electron chi connectivity index (χ2n) is 3.79. The lowest BCUT2D eigenvalue weighted by Gasteiger charge is -2.09. The highest BCUT2D eigenvalue weighted by molar-refractivity contribution is 6.30. The van der Waals surface area contributed by atoms with Crippen molar-refractivity contribution < 1.29 is 0 Å². The second kappa shape index (κ2) is 4.19. The summed E-state index contributed by atoms with van der Waals surface area (Å²) in [6, 6.07) is 0. The molecule has 0 bridgehead atoms. The van der Waals surface area contributed by atoms with Gasteiger partial charge in [-0.1, -0.05) is 17.7 Å². The second-order valence-corrected chi connectivity index (χ2v) is 4.15. The van der Waals surface area contributed by atoms with Gasteiger partial charge in [-0.2, -0.15) is 0 Å². The molecule has 0 atom stereocenters. The monoisotopic (exact) mass is 223 g/mol. The first-order valence-electron chi connectivity index (χ1n) is 5.11. The van der Waals surface area contributed by atoms with E-state index >= 15 is 0 Å². The van der Waals surface area contributed by atoms with Crippen LogP contribution in [0.25, 0.3) is 0 Å². The van der Waals surface area contributed by atoms with Crippen LogP contribution in [0.15, 0.2) is 12.7 Å². The topological polar surface area (TPSA) is 37.8 Å². The summed E-state index contributed by atoms with van der Waals surface area (Å²) >= 11 is 6.05. The molecule has 1 heterocycles. The number of rotatable bonds is 4. The predicted molar refractivity (Wildman–Crippen MR) is 62.4 cm³/mol. The van der Waals surface area contributed by atoms with Gasteiger partial charge in [0.25, 0.3) is 0 Å². The third-order valence-electron chi connectivity index (χ3n) is 2.46. The van der Waals surface area contributed by atoms with Crippen LogP contribution in [-0.4, -0.2) is 16.5 Å². The van der Waals surface area contributed by atoms with Gasteiger partial charge >= 0.3 is 0 Å². The van der Waals surface area contributed by atoms with Gasteiger partial charge < -0.3 is 5.32 Å².